The van der Waals surface area contributed by atoms with Gasteiger partial charge in [0.1, 0.15) is 6.54 Å². The van der Waals surface area contributed by atoms with Crippen LogP contribution in [0.4, 0.5) is 0 Å². The van der Waals surface area contributed by atoms with E-state index in [1.807, 2.05) is 0 Å². The van der Waals surface area contributed by atoms with Crippen molar-refractivity contribution in [2.24, 2.45) is 46.3 Å². The Labute approximate surface area is 192 Å². The van der Waals surface area contributed by atoms with Crippen LogP contribution in [0, 0.1) is 46.3 Å². The highest BCUT2D eigenvalue weighted by Crippen LogP contribution is 2.68. The maximum atomic E-state index is 12.0. The molecule has 0 saturated heterocycles. The SMILES string of the molecule is C[C@H](CCC(=O)NCC(=O)O)[C@H]1CCC2C3C(CC[C@@]21C)[C@]1(C)CC[C@@H](O)C[C@H]1C[C@@H]3O. The maximum Gasteiger partial charge on any atom is 0.322 e. The van der Waals surface area contributed by atoms with E-state index in [9.17, 15) is 19.8 Å². The van der Waals surface area contributed by atoms with Crippen LogP contribution in [0.3, 0.4) is 0 Å². The number of carbonyl (C=O) groups excluding carboxylic acids is 1. The van der Waals surface area contributed by atoms with Gasteiger partial charge in [-0.3, -0.25) is 9.59 Å². The standard InChI is InChI=1S/C26H43NO5/c1-15(4-7-22(30)27-14-23(31)32)18-5-6-19-24-20(9-11-26(18,19)3)25(2)10-8-17(28)12-16(25)13-21(24)29/h15-21,24,28-29H,4-14H2,1-3H3,(H,27,30)(H,31,32)/t15-,16+,17-,18-,19?,20?,21+,24?,25-,26-/m1/s1. The number of carbonyl (C=O) groups is 2. The zero-order valence-corrected chi connectivity index (χ0v) is 20.1. The number of nitrogens with one attached hydrogen (secondary N) is 1. The monoisotopic (exact) mass is 449 g/mol. The molecule has 3 unspecified atom stereocenters. The van der Waals surface area contributed by atoms with Gasteiger partial charge in [0.2, 0.25) is 5.91 Å². The molecular formula is C26H43NO5. The average Bonchev–Trinajstić information content (AvgIpc) is 3.09. The van der Waals surface area contributed by atoms with Crippen molar-refractivity contribution < 1.29 is 24.9 Å². The number of fused-ring (bicyclic) bond motifs is 5. The van der Waals surface area contributed by atoms with E-state index in [1.54, 1.807) is 0 Å². The van der Waals surface area contributed by atoms with Gasteiger partial charge < -0.3 is 20.6 Å². The number of aliphatic hydroxyl groups excluding tert-OH is 2. The number of carboxylic acids is 1. The van der Waals surface area contributed by atoms with Crippen LogP contribution in [0.25, 0.3) is 0 Å². The third-order valence-corrected chi connectivity index (χ3v) is 10.7. The topological polar surface area (TPSA) is 107 Å². The molecule has 0 spiro atoms. The molecule has 4 aliphatic rings. The Morgan fingerprint density at radius 3 is 2.41 bits per heavy atom. The van der Waals surface area contributed by atoms with Crippen LogP contribution in [0.1, 0.15) is 85.0 Å². The molecule has 0 aromatic heterocycles. The maximum absolute atomic E-state index is 12.0. The van der Waals surface area contributed by atoms with E-state index in [2.05, 4.69) is 26.1 Å². The second-order valence-corrected chi connectivity index (χ2v) is 12.1. The molecule has 0 aromatic carbocycles. The lowest BCUT2D eigenvalue weighted by Crippen LogP contribution is -2.58. The summed E-state index contributed by atoms with van der Waals surface area (Å²) in [6.07, 6.45) is 9.06. The van der Waals surface area contributed by atoms with E-state index in [4.69, 9.17) is 5.11 Å². The van der Waals surface area contributed by atoms with Crippen molar-refractivity contribution >= 4 is 11.9 Å². The molecular weight excluding hydrogens is 406 g/mol. The molecule has 0 heterocycles. The van der Waals surface area contributed by atoms with Crippen LogP contribution in [-0.4, -0.2) is 45.9 Å². The van der Waals surface area contributed by atoms with Gasteiger partial charge in [0.25, 0.3) is 0 Å². The zero-order valence-electron chi connectivity index (χ0n) is 20.1. The quantitative estimate of drug-likeness (QED) is 0.496. The lowest BCUT2D eigenvalue weighted by atomic mass is 9.43. The number of aliphatic carboxylic acids is 1. The molecule has 4 N–H and O–H groups in total. The minimum atomic E-state index is -1.01. The number of carboxylic acid groups (broad SMARTS) is 1. The molecule has 0 aliphatic heterocycles. The fourth-order valence-electron chi connectivity index (χ4n) is 9.00. The summed E-state index contributed by atoms with van der Waals surface area (Å²) in [5.41, 5.74) is 0.451. The molecule has 182 valence electrons. The summed E-state index contributed by atoms with van der Waals surface area (Å²) in [5, 5.41) is 32.8. The van der Waals surface area contributed by atoms with Crippen molar-refractivity contribution in [3.8, 4) is 0 Å². The Hall–Kier alpha value is -1.14. The van der Waals surface area contributed by atoms with Crippen molar-refractivity contribution in [3.05, 3.63) is 0 Å². The molecule has 4 aliphatic carbocycles. The predicted octanol–water partition coefficient (Wildman–Crippen LogP) is 3.59. The Balaban J connectivity index is 1.44. The van der Waals surface area contributed by atoms with Gasteiger partial charge in [-0.25, -0.2) is 0 Å². The van der Waals surface area contributed by atoms with Crippen LogP contribution in [0.15, 0.2) is 0 Å². The predicted molar refractivity (Wildman–Crippen MR) is 122 cm³/mol. The number of amides is 1. The summed E-state index contributed by atoms with van der Waals surface area (Å²) in [5.74, 6) is 1.66. The molecule has 4 fully saturated rings. The van der Waals surface area contributed by atoms with Crippen molar-refractivity contribution in [2.45, 2.75) is 97.2 Å². The Morgan fingerprint density at radius 1 is 1.00 bits per heavy atom. The molecule has 32 heavy (non-hydrogen) atoms. The highest BCUT2D eigenvalue weighted by atomic mass is 16.4. The molecule has 0 bridgehead atoms. The molecule has 6 heteroatoms. The smallest absolute Gasteiger partial charge is 0.322 e. The Morgan fingerprint density at radius 2 is 1.69 bits per heavy atom. The number of rotatable bonds is 6. The number of aliphatic hydroxyl groups is 2. The van der Waals surface area contributed by atoms with Crippen LogP contribution >= 0.6 is 0 Å². The van der Waals surface area contributed by atoms with Crippen molar-refractivity contribution in [1.29, 1.82) is 0 Å². The third kappa shape index (κ3) is 4.11. The minimum Gasteiger partial charge on any atom is -0.480 e. The van der Waals surface area contributed by atoms with Crippen LogP contribution < -0.4 is 5.32 Å². The first-order valence-electron chi connectivity index (χ1n) is 12.9. The first-order valence-corrected chi connectivity index (χ1v) is 12.9. The largest absolute Gasteiger partial charge is 0.480 e. The van der Waals surface area contributed by atoms with E-state index in [1.165, 1.54) is 12.8 Å². The van der Waals surface area contributed by atoms with E-state index in [0.717, 1.165) is 44.9 Å². The van der Waals surface area contributed by atoms with Crippen molar-refractivity contribution in [3.63, 3.8) is 0 Å². The Bertz CT molecular complexity index is 727. The van der Waals surface area contributed by atoms with Crippen LogP contribution in [0.5, 0.6) is 0 Å². The Kier molecular flexibility index (Phi) is 6.68. The first kappa shape index (κ1) is 24.0. The summed E-state index contributed by atoms with van der Waals surface area (Å²) in [7, 11) is 0. The summed E-state index contributed by atoms with van der Waals surface area (Å²) in [6, 6.07) is 0. The first-order chi connectivity index (χ1) is 15.1. The normalized spacial score (nSPS) is 46.5. The number of hydrogen-bond donors (Lipinski definition) is 4. The fourth-order valence-corrected chi connectivity index (χ4v) is 9.00. The second kappa shape index (κ2) is 8.90. The highest BCUT2D eigenvalue weighted by Gasteiger charge is 2.62. The summed E-state index contributed by atoms with van der Waals surface area (Å²) in [6.45, 7) is 6.83. The average molecular weight is 450 g/mol. The van der Waals surface area contributed by atoms with Gasteiger partial charge in [-0.05, 0) is 104 Å². The molecule has 0 aromatic rings. The summed E-state index contributed by atoms with van der Waals surface area (Å²) < 4.78 is 0. The third-order valence-electron chi connectivity index (χ3n) is 10.7. The van der Waals surface area contributed by atoms with Crippen LogP contribution in [-0.2, 0) is 9.59 Å². The fraction of sp³-hybridized carbons (Fsp3) is 0.923. The lowest BCUT2D eigenvalue weighted by molar-refractivity contribution is -0.174. The van der Waals surface area contributed by atoms with Gasteiger partial charge in [0, 0.05) is 6.42 Å². The van der Waals surface area contributed by atoms with E-state index < -0.39 is 5.97 Å². The van der Waals surface area contributed by atoms with Crippen molar-refractivity contribution in [1.82, 2.24) is 5.32 Å². The highest BCUT2D eigenvalue weighted by molar-refractivity contribution is 5.81. The van der Waals surface area contributed by atoms with Crippen molar-refractivity contribution in [2.75, 3.05) is 6.54 Å². The molecule has 0 radical (unpaired) electrons. The zero-order chi connectivity index (χ0) is 23.3. The van der Waals surface area contributed by atoms with Gasteiger partial charge in [0.05, 0.1) is 12.2 Å². The van der Waals surface area contributed by atoms with E-state index in [0.29, 0.717) is 41.9 Å². The summed E-state index contributed by atoms with van der Waals surface area (Å²) in [4.78, 5) is 22.7. The molecule has 6 nitrogen and oxygen atoms in total. The minimum absolute atomic E-state index is 0.177. The van der Waals surface area contributed by atoms with E-state index >= 15 is 0 Å². The van der Waals surface area contributed by atoms with E-state index in [-0.39, 0.29) is 35.5 Å². The summed E-state index contributed by atoms with van der Waals surface area (Å²) >= 11 is 0. The van der Waals surface area contributed by atoms with Gasteiger partial charge in [-0.1, -0.05) is 20.8 Å². The molecule has 10 atom stereocenters. The van der Waals surface area contributed by atoms with Gasteiger partial charge >= 0.3 is 5.97 Å². The lowest BCUT2D eigenvalue weighted by Gasteiger charge is -2.62. The molecule has 4 rings (SSSR count). The van der Waals surface area contributed by atoms with Crippen LogP contribution in [0.2, 0.25) is 0 Å². The van der Waals surface area contributed by atoms with Gasteiger partial charge in [-0.2, -0.15) is 0 Å². The van der Waals surface area contributed by atoms with Gasteiger partial charge in [0.15, 0.2) is 0 Å². The number of hydrogen-bond acceptors (Lipinski definition) is 4. The second-order valence-electron chi connectivity index (χ2n) is 12.1. The molecule has 1 amide bonds. The molecule has 4 saturated carbocycles. The van der Waals surface area contributed by atoms with Gasteiger partial charge in [-0.15, -0.1) is 0 Å².